The van der Waals surface area contributed by atoms with Gasteiger partial charge in [-0.25, -0.2) is 8.42 Å². The average Bonchev–Trinajstić information content (AvgIpc) is 2.63. The van der Waals surface area contributed by atoms with Crippen LogP contribution in [0.15, 0.2) is 29.2 Å². The molecule has 26 heavy (non-hydrogen) atoms. The summed E-state index contributed by atoms with van der Waals surface area (Å²) >= 11 is 0. The van der Waals surface area contributed by atoms with Gasteiger partial charge in [0.25, 0.3) is 0 Å². The van der Waals surface area contributed by atoms with Gasteiger partial charge in [-0.3, -0.25) is 4.79 Å². The van der Waals surface area contributed by atoms with E-state index in [0.717, 1.165) is 31.4 Å². The highest BCUT2D eigenvalue weighted by Gasteiger charge is 2.29. The number of benzene rings is 1. The molecule has 1 heterocycles. The Balaban J connectivity index is 0.00000338. The van der Waals surface area contributed by atoms with Crippen molar-refractivity contribution < 1.29 is 13.2 Å². The average molecular weight is 404 g/mol. The first-order valence-corrected chi connectivity index (χ1v) is 10.4. The molecule has 0 unspecified atom stereocenters. The molecular weight excluding hydrogens is 374 g/mol. The number of piperazine rings is 1. The molecule has 0 aromatic heterocycles. The normalized spacial score (nSPS) is 15.5. The summed E-state index contributed by atoms with van der Waals surface area (Å²) in [7, 11) is -1.61. The van der Waals surface area contributed by atoms with Crippen LogP contribution in [0.4, 0.5) is 0 Å². The quantitative estimate of drug-likeness (QED) is 0.673. The predicted octanol–water partition coefficient (Wildman–Crippen LogP) is 1.89. The Morgan fingerprint density at radius 3 is 2.27 bits per heavy atom. The van der Waals surface area contributed by atoms with E-state index in [1.165, 1.54) is 4.31 Å². The first-order chi connectivity index (χ1) is 12.0. The Hall–Kier alpha value is -1.15. The number of nitrogens with one attached hydrogen (secondary N) is 1. The van der Waals surface area contributed by atoms with Gasteiger partial charge in [-0.05, 0) is 44.1 Å². The van der Waals surface area contributed by atoms with Crippen LogP contribution in [-0.2, 0) is 21.2 Å². The number of carbonyl (C=O) groups excluding carboxylic acids is 1. The first-order valence-electron chi connectivity index (χ1n) is 9.00. The van der Waals surface area contributed by atoms with Crippen LogP contribution in [0, 0.1) is 0 Å². The lowest BCUT2D eigenvalue weighted by atomic mass is 10.1. The fourth-order valence-electron chi connectivity index (χ4n) is 3.02. The van der Waals surface area contributed by atoms with E-state index in [1.807, 2.05) is 19.2 Å². The number of sulfonamides is 1. The molecule has 1 saturated heterocycles. The van der Waals surface area contributed by atoms with Gasteiger partial charge in [0.2, 0.25) is 15.9 Å². The standard InChI is InChI=1S/C18H29N3O3S.ClH/c1-3-5-16-7-9-17(10-8-16)25(23,24)21-14-12-20(13-15-21)18(22)6-4-11-19-2;/h7-10,19H,3-6,11-15H2,1-2H3;1H. The number of hydrogen-bond donors (Lipinski definition) is 1. The van der Waals surface area contributed by atoms with Crippen LogP contribution >= 0.6 is 12.4 Å². The third-order valence-electron chi connectivity index (χ3n) is 4.51. The zero-order valence-corrected chi connectivity index (χ0v) is 17.2. The molecule has 8 heteroatoms. The number of carbonyl (C=O) groups is 1. The van der Waals surface area contributed by atoms with Crippen molar-refractivity contribution in [2.24, 2.45) is 0 Å². The fraction of sp³-hybridized carbons (Fsp3) is 0.611. The Kier molecular flexibility index (Phi) is 9.57. The second-order valence-corrected chi connectivity index (χ2v) is 8.32. The van der Waals surface area contributed by atoms with Crippen molar-refractivity contribution in [1.29, 1.82) is 0 Å². The molecule has 6 nitrogen and oxygen atoms in total. The van der Waals surface area contributed by atoms with E-state index in [2.05, 4.69) is 12.2 Å². The van der Waals surface area contributed by atoms with Crippen LogP contribution in [0.2, 0.25) is 0 Å². The number of hydrogen-bond acceptors (Lipinski definition) is 4. The highest BCUT2D eigenvalue weighted by molar-refractivity contribution is 7.89. The van der Waals surface area contributed by atoms with Gasteiger partial charge in [0.15, 0.2) is 0 Å². The zero-order valence-electron chi connectivity index (χ0n) is 15.6. The largest absolute Gasteiger partial charge is 0.340 e. The molecule has 1 amide bonds. The summed E-state index contributed by atoms with van der Waals surface area (Å²) in [4.78, 5) is 14.2. The minimum absolute atomic E-state index is 0. The molecule has 148 valence electrons. The lowest BCUT2D eigenvalue weighted by molar-refractivity contribution is -0.132. The molecule has 0 aliphatic carbocycles. The number of rotatable bonds is 8. The summed E-state index contributed by atoms with van der Waals surface area (Å²) in [6.07, 6.45) is 3.30. The maximum Gasteiger partial charge on any atom is 0.243 e. The van der Waals surface area contributed by atoms with Gasteiger partial charge in [0.1, 0.15) is 0 Å². The molecule has 2 rings (SSSR count). The molecule has 1 aromatic rings. The summed E-state index contributed by atoms with van der Waals surface area (Å²) in [6, 6.07) is 7.15. The Morgan fingerprint density at radius 1 is 1.12 bits per heavy atom. The van der Waals surface area contributed by atoms with E-state index >= 15 is 0 Å². The van der Waals surface area contributed by atoms with Crippen molar-refractivity contribution in [2.45, 2.75) is 37.5 Å². The van der Waals surface area contributed by atoms with E-state index < -0.39 is 10.0 Å². The molecule has 0 saturated carbocycles. The second-order valence-electron chi connectivity index (χ2n) is 6.39. The smallest absolute Gasteiger partial charge is 0.243 e. The SMILES string of the molecule is CCCc1ccc(S(=O)(=O)N2CCN(C(=O)CCCNC)CC2)cc1.Cl. The van der Waals surface area contributed by atoms with Crippen LogP contribution < -0.4 is 5.32 Å². The van der Waals surface area contributed by atoms with Crippen LogP contribution in [0.25, 0.3) is 0 Å². The topological polar surface area (TPSA) is 69.7 Å². The van der Waals surface area contributed by atoms with Gasteiger partial charge in [-0.2, -0.15) is 4.31 Å². The van der Waals surface area contributed by atoms with E-state index in [9.17, 15) is 13.2 Å². The highest BCUT2D eigenvalue weighted by Crippen LogP contribution is 2.19. The molecule has 0 radical (unpaired) electrons. The van der Waals surface area contributed by atoms with Crippen LogP contribution in [0.5, 0.6) is 0 Å². The van der Waals surface area contributed by atoms with Crippen molar-refractivity contribution >= 4 is 28.3 Å². The number of amides is 1. The zero-order chi connectivity index (χ0) is 18.3. The molecule has 0 spiro atoms. The van der Waals surface area contributed by atoms with E-state index in [0.29, 0.717) is 37.5 Å². The second kappa shape index (κ2) is 10.9. The number of nitrogens with zero attached hydrogens (tertiary/aromatic N) is 2. The summed E-state index contributed by atoms with van der Waals surface area (Å²) in [6.45, 7) is 4.56. The molecule has 1 fully saturated rings. The molecular formula is C18H30ClN3O3S. The molecule has 1 aliphatic rings. The maximum atomic E-state index is 12.8. The molecule has 1 aliphatic heterocycles. The van der Waals surface area contributed by atoms with Gasteiger partial charge in [-0.1, -0.05) is 25.5 Å². The monoisotopic (exact) mass is 403 g/mol. The van der Waals surface area contributed by atoms with Crippen molar-refractivity contribution in [2.75, 3.05) is 39.8 Å². The van der Waals surface area contributed by atoms with Crippen molar-refractivity contribution in [1.82, 2.24) is 14.5 Å². The predicted molar refractivity (Wildman–Crippen MR) is 106 cm³/mol. The summed E-state index contributed by atoms with van der Waals surface area (Å²) < 4.78 is 27.0. The molecule has 1 aromatic carbocycles. The first kappa shape index (κ1) is 22.9. The van der Waals surface area contributed by atoms with Crippen molar-refractivity contribution in [3.8, 4) is 0 Å². The van der Waals surface area contributed by atoms with Gasteiger partial charge in [-0.15, -0.1) is 12.4 Å². The number of aryl methyl sites for hydroxylation is 1. The van der Waals surface area contributed by atoms with Gasteiger partial charge < -0.3 is 10.2 Å². The van der Waals surface area contributed by atoms with Crippen LogP contribution in [0.3, 0.4) is 0 Å². The van der Waals surface area contributed by atoms with Gasteiger partial charge in [0.05, 0.1) is 4.90 Å². The van der Waals surface area contributed by atoms with Crippen LogP contribution in [-0.4, -0.2) is 63.3 Å². The minimum atomic E-state index is -3.48. The Bertz CT molecular complexity index is 657. The van der Waals surface area contributed by atoms with Gasteiger partial charge >= 0.3 is 0 Å². The van der Waals surface area contributed by atoms with Gasteiger partial charge in [0, 0.05) is 32.6 Å². The molecule has 0 atom stereocenters. The Labute approximate surface area is 163 Å². The Morgan fingerprint density at radius 2 is 1.73 bits per heavy atom. The fourth-order valence-corrected chi connectivity index (χ4v) is 4.44. The lowest BCUT2D eigenvalue weighted by Crippen LogP contribution is -2.50. The van der Waals surface area contributed by atoms with Crippen LogP contribution in [0.1, 0.15) is 31.7 Å². The molecule has 0 bridgehead atoms. The third-order valence-corrected chi connectivity index (χ3v) is 6.42. The highest BCUT2D eigenvalue weighted by atomic mass is 35.5. The third kappa shape index (κ3) is 5.94. The molecule has 1 N–H and O–H groups in total. The van der Waals surface area contributed by atoms with E-state index in [4.69, 9.17) is 0 Å². The summed E-state index contributed by atoms with van der Waals surface area (Å²) in [5.41, 5.74) is 1.15. The number of halogens is 1. The van der Waals surface area contributed by atoms with Crippen molar-refractivity contribution in [3.63, 3.8) is 0 Å². The summed E-state index contributed by atoms with van der Waals surface area (Å²) in [5.74, 6) is 0.108. The lowest BCUT2D eigenvalue weighted by Gasteiger charge is -2.34. The van der Waals surface area contributed by atoms with Crippen molar-refractivity contribution in [3.05, 3.63) is 29.8 Å². The minimum Gasteiger partial charge on any atom is -0.340 e. The summed E-state index contributed by atoms with van der Waals surface area (Å²) in [5, 5.41) is 3.02. The van der Waals surface area contributed by atoms with E-state index in [-0.39, 0.29) is 18.3 Å². The van der Waals surface area contributed by atoms with E-state index in [1.54, 1.807) is 17.0 Å². The maximum absolute atomic E-state index is 12.8.